The molecule has 14 heavy (non-hydrogen) atoms. The van der Waals surface area contributed by atoms with Gasteiger partial charge in [0.25, 0.3) is 0 Å². The second kappa shape index (κ2) is 6.76. The Morgan fingerprint density at radius 3 is 2.50 bits per heavy atom. The number of nitriles is 1. The molecule has 0 bridgehead atoms. The standard InChI is InChI=1S/C8H17N3O2S/c1-8(2)10-5-3-6-11-14(12,13)7-4-9/h8,10-11H,3,5-7H2,1-2H3. The second-order valence-electron chi connectivity index (χ2n) is 3.27. The Kier molecular flexibility index (Phi) is 6.45. The van der Waals surface area contributed by atoms with Crippen molar-refractivity contribution in [2.75, 3.05) is 18.8 Å². The molecule has 5 nitrogen and oxygen atoms in total. The quantitative estimate of drug-likeness (QED) is 0.582. The predicted octanol–water partition coefficient (Wildman–Crippen LogP) is -0.183. The van der Waals surface area contributed by atoms with E-state index in [-0.39, 0.29) is 0 Å². The molecule has 6 heteroatoms. The van der Waals surface area contributed by atoms with Crippen LogP contribution in [0.1, 0.15) is 20.3 Å². The number of hydrogen-bond acceptors (Lipinski definition) is 4. The summed E-state index contributed by atoms with van der Waals surface area (Å²) in [5.74, 6) is -0.468. The summed E-state index contributed by atoms with van der Waals surface area (Å²) in [6.45, 7) is 5.20. The van der Waals surface area contributed by atoms with Gasteiger partial charge in [0.1, 0.15) is 0 Å². The van der Waals surface area contributed by atoms with Crippen molar-refractivity contribution in [3.8, 4) is 6.07 Å². The number of nitrogens with zero attached hydrogens (tertiary/aromatic N) is 1. The molecule has 0 aliphatic rings. The number of rotatable bonds is 7. The van der Waals surface area contributed by atoms with Gasteiger partial charge in [0.05, 0.1) is 6.07 Å². The molecule has 0 aliphatic carbocycles. The fourth-order valence-electron chi connectivity index (χ4n) is 0.843. The van der Waals surface area contributed by atoms with Gasteiger partial charge in [-0.3, -0.25) is 0 Å². The number of hydrogen-bond donors (Lipinski definition) is 2. The minimum absolute atomic E-state index is 0.379. The molecule has 0 spiro atoms. The summed E-state index contributed by atoms with van der Waals surface area (Å²) in [5, 5.41) is 11.4. The normalized spacial score (nSPS) is 11.6. The molecule has 0 aromatic rings. The van der Waals surface area contributed by atoms with Crippen LogP contribution >= 0.6 is 0 Å². The van der Waals surface area contributed by atoms with E-state index >= 15 is 0 Å². The van der Waals surface area contributed by atoms with E-state index in [0.717, 1.165) is 13.0 Å². The molecule has 0 aromatic carbocycles. The highest BCUT2D eigenvalue weighted by Gasteiger charge is 2.07. The summed E-state index contributed by atoms with van der Waals surface area (Å²) >= 11 is 0. The van der Waals surface area contributed by atoms with Crippen LogP contribution in [0.5, 0.6) is 0 Å². The first-order chi connectivity index (χ1) is 6.48. The molecule has 0 unspecified atom stereocenters. The van der Waals surface area contributed by atoms with Crippen molar-refractivity contribution in [1.29, 1.82) is 5.26 Å². The van der Waals surface area contributed by atoms with E-state index in [2.05, 4.69) is 10.0 Å². The predicted molar refractivity (Wildman–Crippen MR) is 55.2 cm³/mol. The molecule has 2 N–H and O–H groups in total. The van der Waals surface area contributed by atoms with E-state index in [9.17, 15) is 8.42 Å². The lowest BCUT2D eigenvalue weighted by molar-refractivity contribution is 0.556. The van der Waals surface area contributed by atoms with E-state index in [1.807, 2.05) is 13.8 Å². The summed E-state index contributed by atoms with van der Waals surface area (Å²) in [6, 6.07) is 2.01. The van der Waals surface area contributed by atoms with E-state index in [0.29, 0.717) is 12.6 Å². The molecule has 0 aromatic heterocycles. The van der Waals surface area contributed by atoms with Crippen LogP contribution < -0.4 is 10.0 Å². The Bertz CT molecular complexity index is 279. The van der Waals surface area contributed by atoms with Gasteiger partial charge >= 0.3 is 0 Å². The lowest BCUT2D eigenvalue weighted by Gasteiger charge is -2.07. The zero-order chi connectivity index (χ0) is 11.0. The first-order valence-electron chi connectivity index (χ1n) is 4.55. The highest BCUT2D eigenvalue weighted by atomic mass is 32.2. The molecule has 0 aliphatic heterocycles. The van der Waals surface area contributed by atoms with Crippen molar-refractivity contribution in [3.05, 3.63) is 0 Å². The third-order valence-corrected chi connectivity index (χ3v) is 2.64. The molecule has 0 radical (unpaired) electrons. The fraction of sp³-hybridized carbons (Fsp3) is 0.875. The third-order valence-electron chi connectivity index (χ3n) is 1.48. The fourth-order valence-corrected chi connectivity index (χ4v) is 1.57. The second-order valence-corrected chi connectivity index (χ2v) is 5.08. The Labute approximate surface area is 85.5 Å². The van der Waals surface area contributed by atoms with Crippen LogP contribution in [-0.2, 0) is 10.0 Å². The van der Waals surface area contributed by atoms with Crippen LogP contribution in [-0.4, -0.2) is 33.3 Å². The van der Waals surface area contributed by atoms with Crippen LogP contribution in [0.2, 0.25) is 0 Å². The van der Waals surface area contributed by atoms with Crippen LogP contribution in [0.25, 0.3) is 0 Å². The monoisotopic (exact) mass is 219 g/mol. The van der Waals surface area contributed by atoms with Crippen molar-refractivity contribution in [1.82, 2.24) is 10.0 Å². The van der Waals surface area contributed by atoms with Gasteiger partial charge in [-0.2, -0.15) is 5.26 Å². The van der Waals surface area contributed by atoms with E-state index < -0.39 is 15.8 Å². The van der Waals surface area contributed by atoms with Gasteiger partial charge in [0.15, 0.2) is 5.75 Å². The highest BCUT2D eigenvalue weighted by molar-refractivity contribution is 7.89. The summed E-state index contributed by atoms with van der Waals surface area (Å²) in [4.78, 5) is 0. The minimum atomic E-state index is -3.37. The smallest absolute Gasteiger partial charge is 0.225 e. The van der Waals surface area contributed by atoms with Gasteiger partial charge in [-0.25, -0.2) is 13.1 Å². The van der Waals surface area contributed by atoms with Crippen molar-refractivity contribution in [3.63, 3.8) is 0 Å². The highest BCUT2D eigenvalue weighted by Crippen LogP contribution is 1.84. The third kappa shape index (κ3) is 7.98. The summed E-state index contributed by atoms with van der Waals surface area (Å²) in [6.07, 6.45) is 0.725. The topological polar surface area (TPSA) is 82.0 Å². The van der Waals surface area contributed by atoms with Crippen LogP contribution in [0.3, 0.4) is 0 Å². The SMILES string of the molecule is CC(C)NCCCNS(=O)(=O)CC#N. The van der Waals surface area contributed by atoms with Crippen LogP contribution in [0, 0.1) is 11.3 Å². The Balaban J connectivity index is 3.51. The zero-order valence-corrected chi connectivity index (χ0v) is 9.39. The Hall–Kier alpha value is -0.640. The van der Waals surface area contributed by atoms with Gasteiger partial charge in [0, 0.05) is 12.6 Å². The Morgan fingerprint density at radius 2 is 2.00 bits per heavy atom. The maximum absolute atomic E-state index is 11.0. The summed E-state index contributed by atoms with van der Waals surface area (Å²) in [5.41, 5.74) is 0. The lowest BCUT2D eigenvalue weighted by atomic mass is 10.3. The van der Waals surface area contributed by atoms with Crippen molar-refractivity contribution in [2.45, 2.75) is 26.3 Å². The molecule has 0 fully saturated rings. The van der Waals surface area contributed by atoms with Gasteiger partial charge in [-0.1, -0.05) is 13.8 Å². The van der Waals surface area contributed by atoms with Crippen LogP contribution in [0.4, 0.5) is 0 Å². The average molecular weight is 219 g/mol. The summed E-state index contributed by atoms with van der Waals surface area (Å²) < 4.78 is 24.3. The molecule has 0 rings (SSSR count). The molecule has 0 saturated carbocycles. The molecule has 82 valence electrons. The largest absolute Gasteiger partial charge is 0.314 e. The van der Waals surface area contributed by atoms with Crippen molar-refractivity contribution in [2.24, 2.45) is 0 Å². The lowest BCUT2D eigenvalue weighted by Crippen LogP contribution is -2.30. The minimum Gasteiger partial charge on any atom is -0.314 e. The Morgan fingerprint density at radius 1 is 1.36 bits per heavy atom. The van der Waals surface area contributed by atoms with Crippen LogP contribution in [0.15, 0.2) is 0 Å². The molecular weight excluding hydrogens is 202 g/mol. The molecule has 0 amide bonds. The molecule has 0 saturated heterocycles. The van der Waals surface area contributed by atoms with Crippen molar-refractivity contribution < 1.29 is 8.42 Å². The van der Waals surface area contributed by atoms with Gasteiger partial charge in [-0.05, 0) is 13.0 Å². The first kappa shape index (κ1) is 13.4. The summed E-state index contributed by atoms with van der Waals surface area (Å²) in [7, 11) is -3.37. The van der Waals surface area contributed by atoms with Gasteiger partial charge in [0.2, 0.25) is 10.0 Å². The van der Waals surface area contributed by atoms with E-state index in [1.54, 1.807) is 6.07 Å². The maximum atomic E-state index is 11.0. The van der Waals surface area contributed by atoms with Gasteiger partial charge < -0.3 is 5.32 Å². The zero-order valence-electron chi connectivity index (χ0n) is 8.58. The number of nitrogens with one attached hydrogen (secondary N) is 2. The van der Waals surface area contributed by atoms with Crippen molar-refractivity contribution >= 4 is 10.0 Å². The number of sulfonamides is 1. The molecular formula is C8H17N3O2S. The van der Waals surface area contributed by atoms with Gasteiger partial charge in [-0.15, -0.1) is 0 Å². The van der Waals surface area contributed by atoms with E-state index in [4.69, 9.17) is 5.26 Å². The average Bonchev–Trinajstić information content (AvgIpc) is 2.02. The maximum Gasteiger partial charge on any atom is 0.225 e. The van der Waals surface area contributed by atoms with E-state index in [1.165, 1.54) is 0 Å². The first-order valence-corrected chi connectivity index (χ1v) is 6.21. The molecule has 0 heterocycles. The molecule has 0 atom stereocenters.